The molecule has 0 aliphatic carbocycles. The minimum atomic E-state index is 0.456. The van der Waals surface area contributed by atoms with Gasteiger partial charge in [-0.05, 0) is 0 Å². The normalized spacial score (nSPS) is 9.80. The first kappa shape index (κ1) is 9.41. The molecule has 2 rings (SSSR count). The molecule has 0 radical (unpaired) electrons. The topological polar surface area (TPSA) is 54.5 Å². The predicted octanol–water partition coefficient (Wildman–Crippen LogP) is 1.86. The lowest BCUT2D eigenvalue weighted by molar-refractivity contribution is 0.600. The summed E-state index contributed by atoms with van der Waals surface area (Å²) in [4.78, 5) is 0. The highest BCUT2D eigenvalue weighted by Gasteiger charge is 2.01. The Hall–Kier alpha value is -2.15. The lowest BCUT2D eigenvalue weighted by atomic mass is 10.2. The maximum atomic E-state index is 8.44. The third kappa shape index (κ3) is 2.20. The van der Waals surface area contributed by atoms with Crippen molar-refractivity contribution in [3.05, 3.63) is 36.5 Å². The predicted molar refractivity (Wildman–Crippen MR) is 55.7 cm³/mol. The Bertz CT molecular complexity index is 467. The van der Waals surface area contributed by atoms with Crippen molar-refractivity contribution in [2.45, 2.75) is 13.0 Å². The van der Waals surface area contributed by atoms with Gasteiger partial charge in [-0.3, -0.25) is 4.68 Å². The van der Waals surface area contributed by atoms with Crippen LogP contribution in [-0.2, 0) is 6.54 Å². The second kappa shape index (κ2) is 4.38. The summed E-state index contributed by atoms with van der Waals surface area (Å²) < 4.78 is 1.69. The average molecular weight is 198 g/mol. The van der Waals surface area contributed by atoms with E-state index in [1.54, 1.807) is 4.68 Å². The van der Waals surface area contributed by atoms with Gasteiger partial charge in [-0.15, -0.1) is 5.10 Å². The third-order valence-electron chi connectivity index (χ3n) is 2.06. The molecule has 4 heteroatoms. The molecule has 0 unspecified atom stereocenters. The zero-order chi connectivity index (χ0) is 10.5. The van der Waals surface area contributed by atoms with Gasteiger partial charge in [0, 0.05) is 5.56 Å². The highest BCUT2D eigenvalue weighted by atomic mass is 15.4. The van der Waals surface area contributed by atoms with Crippen LogP contribution in [0.5, 0.6) is 0 Å². The fourth-order valence-electron chi connectivity index (χ4n) is 1.31. The van der Waals surface area contributed by atoms with Crippen LogP contribution in [0.4, 0.5) is 0 Å². The number of hydrogen-bond acceptors (Lipinski definition) is 3. The molecule has 1 aromatic carbocycles. The van der Waals surface area contributed by atoms with E-state index < -0.39 is 0 Å². The molecule has 74 valence electrons. The van der Waals surface area contributed by atoms with Crippen LogP contribution in [0.25, 0.3) is 11.3 Å². The first-order valence-electron chi connectivity index (χ1n) is 4.72. The number of nitriles is 1. The lowest BCUT2D eigenvalue weighted by Gasteiger charge is -1.93. The van der Waals surface area contributed by atoms with Gasteiger partial charge < -0.3 is 0 Å². The van der Waals surface area contributed by atoms with Crippen molar-refractivity contribution in [1.82, 2.24) is 15.0 Å². The minimum Gasteiger partial charge on any atom is -0.251 e. The van der Waals surface area contributed by atoms with Crippen LogP contribution in [0.2, 0.25) is 0 Å². The molecule has 0 N–H and O–H groups in total. The molecule has 0 saturated carbocycles. The molecular formula is C11H10N4. The van der Waals surface area contributed by atoms with Crippen molar-refractivity contribution in [3.63, 3.8) is 0 Å². The Kier molecular flexibility index (Phi) is 2.75. The van der Waals surface area contributed by atoms with E-state index in [9.17, 15) is 0 Å². The van der Waals surface area contributed by atoms with Crippen LogP contribution in [-0.4, -0.2) is 15.0 Å². The van der Waals surface area contributed by atoms with Crippen molar-refractivity contribution in [2.75, 3.05) is 0 Å². The highest BCUT2D eigenvalue weighted by molar-refractivity contribution is 5.56. The van der Waals surface area contributed by atoms with E-state index in [0.717, 1.165) is 11.3 Å². The molecule has 0 aliphatic heterocycles. The third-order valence-corrected chi connectivity index (χ3v) is 2.06. The zero-order valence-electron chi connectivity index (χ0n) is 8.17. The Morgan fingerprint density at radius 1 is 1.27 bits per heavy atom. The largest absolute Gasteiger partial charge is 0.251 e. The lowest BCUT2D eigenvalue weighted by Crippen LogP contribution is -1.97. The van der Waals surface area contributed by atoms with Gasteiger partial charge in [-0.25, -0.2) is 0 Å². The molecule has 0 fully saturated rings. The first-order chi connectivity index (χ1) is 7.40. The summed E-state index contributed by atoms with van der Waals surface area (Å²) in [7, 11) is 0. The van der Waals surface area contributed by atoms with Gasteiger partial charge in [0.25, 0.3) is 0 Å². The molecule has 0 amide bonds. The summed E-state index contributed by atoms with van der Waals surface area (Å²) in [5, 5.41) is 16.4. The van der Waals surface area contributed by atoms with Crippen LogP contribution in [0.15, 0.2) is 36.5 Å². The molecule has 0 saturated heterocycles. The number of aryl methyl sites for hydroxylation is 1. The van der Waals surface area contributed by atoms with Gasteiger partial charge in [-0.1, -0.05) is 35.5 Å². The molecule has 1 heterocycles. The van der Waals surface area contributed by atoms with Crippen molar-refractivity contribution in [1.29, 1.82) is 5.26 Å². The smallest absolute Gasteiger partial charge is 0.113 e. The van der Waals surface area contributed by atoms with Crippen LogP contribution in [0, 0.1) is 11.3 Å². The summed E-state index contributed by atoms with van der Waals surface area (Å²) in [5.41, 5.74) is 1.88. The van der Waals surface area contributed by atoms with Crippen LogP contribution >= 0.6 is 0 Å². The fourth-order valence-corrected chi connectivity index (χ4v) is 1.31. The second-order valence-corrected chi connectivity index (χ2v) is 3.14. The van der Waals surface area contributed by atoms with Gasteiger partial charge in [0.05, 0.1) is 25.2 Å². The highest BCUT2D eigenvalue weighted by Crippen LogP contribution is 2.14. The Morgan fingerprint density at radius 3 is 2.80 bits per heavy atom. The minimum absolute atomic E-state index is 0.456. The zero-order valence-corrected chi connectivity index (χ0v) is 8.17. The summed E-state index contributed by atoms with van der Waals surface area (Å²) in [6.45, 7) is 0.594. The van der Waals surface area contributed by atoms with Crippen LogP contribution < -0.4 is 0 Å². The summed E-state index contributed by atoms with van der Waals surface area (Å²) in [5.74, 6) is 0. The maximum absolute atomic E-state index is 8.44. The second-order valence-electron chi connectivity index (χ2n) is 3.14. The Labute approximate surface area is 87.8 Å². The fraction of sp³-hybridized carbons (Fsp3) is 0.182. The van der Waals surface area contributed by atoms with Crippen LogP contribution in [0.3, 0.4) is 0 Å². The van der Waals surface area contributed by atoms with Gasteiger partial charge in [0.1, 0.15) is 5.69 Å². The summed E-state index contributed by atoms with van der Waals surface area (Å²) >= 11 is 0. The van der Waals surface area contributed by atoms with Gasteiger partial charge in [0.15, 0.2) is 0 Å². The molecule has 0 spiro atoms. The molecule has 15 heavy (non-hydrogen) atoms. The van der Waals surface area contributed by atoms with Gasteiger partial charge in [0.2, 0.25) is 0 Å². The number of hydrogen-bond donors (Lipinski definition) is 0. The maximum Gasteiger partial charge on any atom is 0.113 e. The Morgan fingerprint density at radius 2 is 2.07 bits per heavy atom. The van der Waals surface area contributed by atoms with Crippen LogP contribution in [0.1, 0.15) is 6.42 Å². The summed E-state index contributed by atoms with van der Waals surface area (Å²) in [6, 6.07) is 11.9. The molecule has 1 aromatic heterocycles. The Balaban J connectivity index is 2.18. The van der Waals surface area contributed by atoms with E-state index in [-0.39, 0.29) is 0 Å². The van der Waals surface area contributed by atoms with Crippen molar-refractivity contribution in [3.8, 4) is 17.3 Å². The average Bonchev–Trinajstić information content (AvgIpc) is 2.76. The van der Waals surface area contributed by atoms with E-state index in [0.29, 0.717) is 13.0 Å². The van der Waals surface area contributed by atoms with E-state index in [2.05, 4.69) is 16.4 Å². The van der Waals surface area contributed by atoms with Crippen molar-refractivity contribution in [2.24, 2.45) is 0 Å². The number of rotatable bonds is 3. The van der Waals surface area contributed by atoms with E-state index in [1.165, 1.54) is 0 Å². The quantitative estimate of drug-likeness (QED) is 0.756. The number of aromatic nitrogens is 3. The molecule has 0 bridgehead atoms. The molecular weight excluding hydrogens is 188 g/mol. The van der Waals surface area contributed by atoms with E-state index >= 15 is 0 Å². The standard InChI is InChI=1S/C11H10N4/c12-7-4-8-15-9-11(13-14-15)10-5-2-1-3-6-10/h1-3,5-6,9H,4,8H2. The van der Waals surface area contributed by atoms with Gasteiger partial charge >= 0.3 is 0 Å². The monoisotopic (exact) mass is 198 g/mol. The summed E-state index contributed by atoms with van der Waals surface area (Å²) in [6.07, 6.45) is 2.31. The molecule has 2 aromatic rings. The van der Waals surface area contributed by atoms with Crippen molar-refractivity contribution < 1.29 is 0 Å². The number of benzene rings is 1. The van der Waals surface area contributed by atoms with E-state index in [4.69, 9.17) is 5.26 Å². The molecule has 0 aliphatic rings. The SMILES string of the molecule is N#CCCn1cc(-c2ccccc2)nn1. The van der Waals surface area contributed by atoms with Crippen molar-refractivity contribution >= 4 is 0 Å². The first-order valence-corrected chi connectivity index (χ1v) is 4.72. The molecule has 0 atom stereocenters. The van der Waals surface area contributed by atoms with E-state index in [1.807, 2.05) is 36.5 Å². The number of nitrogens with zero attached hydrogens (tertiary/aromatic N) is 4. The molecule has 4 nitrogen and oxygen atoms in total. The van der Waals surface area contributed by atoms with Gasteiger partial charge in [-0.2, -0.15) is 5.26 Å².